The van der Waals surface area contributed by atoms with Crippen molar-refractivity contribution < 1.29 is 4.39 Å². The van der Waals surface area contributed by atoms with Crippen LogP contribution in [0.15, 0.2) is 42.7 Å². The maximum Gasteiger partial charge on any atom is 0.132 e. The molecule has 1 fully saturated rings. The molecule has 1 aliphatic heterocycles. The summed E-state index contributed by atoms with van der Waals surface area (Å²) >= 11 is 0. The maximum atomic E-state index is 13.1. The molecule has 0 amide bonds. The van der Waals surface area contributed by atoms with Gasteiger partial charge in [-0.3, -0.25) is 0 Å². The highest BCUT2D eigenvalue weighted by atomic mass is 19.1. The summed E-state index contributed by atoms with van der Waals surface area (Å²) in [5, 5.41) is 3.66. The van der Waals surface area contributed by atoms with E-state index in [9.17, 15) is 4.39 Å². The van der Waals surface area contributed by atoms with Crippen LogP contribution in [-0.4, -0.2) is 27.0 Å². The van der Waals surface area contributed by atoms with E-state index in [0.717, 1.165) is 41.7 Å². The summed E-state index contributed by atoms with van der Waals surface area (Å²) in [5.41, 5.74) is 3.11. The van der Waals surface area contributed by atoms with Crippen LogP contribution in [0.2, 0.25) is 0 Å². The zero-order valence-corrected chi connectivity index (χ0v) is 13.7. The van der Waals surface area contributed by atoms with Crippen molar-refractivity contribution in [3.63, 3.8) is 0 Å². The molecule has 3 heterocycles. The predicted molar refractivity (Wildman–Crippen MR) is 92.4 cm³/mol. The van der Waals surface area contributed by atoms with E-state index in [4.69, 9.17) is 4.98 Å². The molecule has 24 heavy (non-hydrogen) atoms. The summed E-state index contributed by atoms with van der Waals surface area (Å²) in [5.74, 6) is 1.10. The summed E-state index contributed by atoms with van der Waals surface area (Å²) in [6.45, 7) is 2.21. The number of fused-ring (bicyclic) bond motifs is 1. The Bertz CT molecular complexity index is 827. The molecule has 5 heteroatoms. The molecule has 4 nitrogen and oxygen atoms in total. The standard InChI is InChI=1S/C19H21FN4/c1-12-8-14(19-22-11-18-17(24-19)6-7-21-18)10-16(23-12)9-13-2-4-15(20)5-3-13/h2-7,11-12,14,16,21,23H,8-10H2,1H3. The largest absolute Gasteiger partial charge is 0.359 e. The first kappa shape index (κ1) is 15.3. The number of H-pyrrole nitrogens is 1. The van der Waals surface area contributed by atoms with Crippen molar-refractivity contribution in [2.75, 3.05) is 0 Å². The van der Waals surface area contributed by atoms with Crippen LogP contribution >= 0.6 is 0 Å². The van der Waals surface area contributed by atoms with Crippen LogP contribution in [0.3, 0.4) is 0 Å². The fourth-order valence-electron chi connectivity index (χ4n) is 3.72. The number of rotatable bonds is 3. The van der Waals surface area contributed by atoms with E-state index < -0.39 is 0 Å². The molecule has 124 valence electrons. The summed E-state index contributed by atoms with van der Waals surface area (Å²) in [4.78, 5) is 12.4. The molecule has 2 N–H and O–H groups in total. The summed E-state index contributed by atoms with van der Waals surface area (Å²) < 4.78 is 13.1. The molecular formula is C19H21FN4. The molecular weight excluding hydrogens is 303 g/mol. The molecule has 4 rings (SSSR count). The zero-order valence-electron chi connectivity index (χ0n) is 13.7. The van der Waals surface area contributed by atoms with E-state index in [1.807, 2.05) is 30.6 Å². The van der Waals surface area contributed by atoms with E-state index in [1.54, 1.807) is 0 Å². The Labute approximate surface area is 140 Å². The van der Waals surface area contributed by atoms with Crippen molar-refractivity contribution >= 4 is 11.0 Å². The third-order valence-corrected chi connectivity index (χ3v) is 4.80. The Kier molecular flexibility index (Phi) is 4.02. The Morgan fingerprint density at radius 2 is 2.00 bits per heavy atom. The van der Waals surface area contributed by atoms with Gasteiger partial charge in [-0.25, -0.2) is 14.4 Å². The van der Waals surface area contributed by atoms with Gasteiger partial charge in [-0.1, -0.05) is 12.1 Å². The first-order valence-electron chi connectivity index (χ1n) is 8.48. The quantitative estimate of drug-likeness (QED) is 0.774. The van der Waals surface area contributed by atoms with Gasteiger partial charge < -0.3 is 10.3 Å². The molecule has 3 aromatic rings. The number of hydrogen-bond acceptors (Lipinski definition) is 3. The minimum absolute atomic E-state index is 0.185. The molecule has 1 saturated heterocycles. The van der Waals surface area contributed by atoms with Crippen molar-refractivity contribution in [3.8, 4) is 0 Å². The Morgan fingerprint density at radius 3 is 2.83 bits per heavy atom. The smallest absolute Gasteiger partial charge is 0.132 e. The SMILES string of the molecule is CC1CC(c2ncc3[nH]ccc3n2)CC(Cc2ccc(F)cc2)N1. The van der Waals surface area contributed by atoms with E-state index in [0.29, 0.717) is 18.0 Å². The lowest BCUT2D eigenvalue weighted by Gasteiger charge is -2.34. The van der Waals surface area contributed by atoms with Crippen LogP contribution in [0.5, 0.6) is 0 Å². The molecule has 0 saturated carbocycles. The molecule has 1 aromatic carbocycles. The van der Waals surface area contributed by atoms with Gasteiger partial charge in [0.05, 0.1) is 17.2 Å². The number of hydrogen-bond donors (Lipinski definition) is 2. The molecule has 0 spiro atoms. The number of nitrogens with zero attached hydrogens (tertiary/aromatic N) is 2. The van der Waals surface area contributed by atoms with Gasteiger partial charge in [0.1, 0.15) is 11.6 Å². The highest BCUT2D eigenvalue weighted by Crippen LogP contribution is 2.30. The number of nitrogens with one attached hydrogen (secondary N) is 2. The summed E-state index contributed by atoms with van der Waals surface area (Å²) in [7, 11) is 0. The van der Waals surface area contributed by atoms with Gasteiger partial charge in [-0.05, 0) is 49.9 Å². The van der Waals surface area contributed by atoms with Gasteiger partial charge in [0.15, 0.2) is 0 Å². The van der Waals surface area contributed by atoms with Crippen LogP contribution < -0.4 is 5.32 Å². The highest BCUT2D eigenvalue weighted by Gasteiger charge is 2.28. The number of aromatic amines is 1. The van der Waals surface area contributed by atoms with Crippen LogP contribution in [0.4, 0.5) is 4.39 Å². The van der Waals surface area contributed by atoms with Crippen LogP contribution in [0, 0.1) is 5.82 Å². The van der Waals surface area contributed by atoms with Gasteiger partial charge in [0.25, 0.3) is 0 Å². The Balaban J connectivity index is 1.52. The third kappa shape index (κ3) is 3.17. The molecule has 0 aliphatic carbocycles. The summed E-state index contributed by atoms with van der Waals surface area (Å²) in [6, 6.07) is 9.56. The van der Waals surface area contributed by atoms with Crippen molar-refractivity contribution in [1.29, 1.82) is 0 Å². The molecule has 0 radical (unpaired) electrons. The molecule has 3 atom stereocenters. The van der Waals surface area contributed by atoms with Crippen molar-refractivity contribution in [1.82, 2.24) is 20.3 Å². The minimum Gasteiger partial charge on any atom is -0.359 e. The van der Waals surface area contributed by atoms with Gasteiger partial charge in [0, 0.05) is 24.2 Å². The zero-order chi connectivity index (χ0) is 16.5. The summed E-state index contributed by atoms with van der Waals surface area (Å²) in [6.07, 6.45) is 6.70. The van der Waals surface area contributed by atoms with Crippen molar-refractivity contribution in [2.45, 2.75) is 44.2 Å². The first-order chi connectivity index (χ1) is 11.7. The normalized spacial score (nSPS) is 24.3. The lowest BCUT2D eigenvalue weighted by atomic mass is 9.85. The Hall–Kier alpha value is -2.27. The van der Waals surface area contributed by atoms with E-state index >= 15 is 0 Å². The van der Waals surface area contributed by atoms with Crippen LogP contribution in [-0.2, 0) is 6.42 Å². The second-order valence-electron chi connectivity index (χ2n) is 6.77. The fraction of sp³-hybridized carbons (Fsp3) is 0.368. The fourth-order valence-corrected chi connectivity index (χ4v) is 3.72. The number of benzene rings is 1. The predicted octanol–water partition coefficient (Wildman–Crippen LogP) is 3.56. The number of piperidine rings is 1. The van der Waals surface area contributed by atoms with E-state index in [-0.39, 0.29) is 5.82 Å². The van der Waals surface area contributed by atoms with E-state index in [2.05, 4.69) is 22.2 Å². The minimum atomic E-state index is -0.185. The van der Waals surface area contributed by atoms with Crippen LogP contribution in [0.1, 0.15) is 37.1 Å². The second-order valence-corrected chi connectivity index (χ2v) is 6.77. The average molecular weight is 324 g/mol. The number of halogens is 1. The lowest BCUT2D eigenvalue weighted by Crippen LogP contribution is -2.44. The molecule has 1 aliphatic rings. The lowest BCUT2D eigenvalue weighted by molar-refractivity contribution is 0.294. The van der Waals surface area contributed by atoms with E-state index in [1.165, 1.54) is 12.1 Å². The number of aromatic nitrogens is 3. The Morgan fingerprint density at radius 1 is 1.17 bits per heavy atom. The highest BCUT2D eigenvalue weighted by molar-refractivity contribution is 5.73. The molecule has 2 aromatic heterocycles. The maximum absolute atomic E-state index is 13.1. The van der Waals surface area contributed by atoms with Gasteiger partial charge in [0.2, 0.25) is 0 Å². The van der Waals surface area contributed by atoms with Crippen molar-refractivity contribution in [3.05, 3.63) is 59.9 Å². The first-order valence-corrected chi connectivity index (χ1v) is 8.48. The average Bonchev–Trinajstić information content (AvgIpc) is 3.04. The monoisotopic (exact) mass is 324 g/mol. The van der Waals surface area contributed by atoms with Crippen molar-refractivity contribution in [2.24, 2.45) is 0 Å². The van der Waals surface area contributed by atoms with Gasteiger partial charge in [-0.15, -0.1) is 0 Å². The second kappa shape index (κ2) is 6.32. The molecule has 3 unspecified atom stereocenters. The third-order valence-electron chi connectivity index (χ3n) is 4.80. The van der Waals surface area contributed by atoms with Crippen LogP contribution in [0.25, 0.3) is 11.0 Å². The van der Waals surface area contributed by atoms with Gasteiger partial charge in [-0.2, -0.15) is 0 Å². The topological polar surface area (TPSA) is 53.6 Å². The van der Waals surface area contributed by atoms with Gasteiger partial charge >= 0.3 is 0 Å². The molecule has 0 bridgehead atoms.